The number of hydrogen-bond acceptors (Lipinski definition) is 4. The molecule has 0 saturated carbocycles. The summed E-state index contributed by atoms with van der Waals surface area (Å²) in [7, 11) is 0. The molecule has 4 N–H and O–H groups in total. The van der Waals surface area contributed by atoms with E-state index in [4.69, 9.17) is 0 Å². The molecule has 8 nitrogen and oxygen atoms in total. The van der Waals surface area contributed by atoms with Crippen molar-refractivity contribution >= 4 is 23.6 Å². The first-order valence-corrected chi connectivity index (χ1v) is 20.4. The van der Waals surface area contributed by atoms with Crippen molar-refractivity contribution in [2.24, 2.45) is 52.8 Å². The summed E-state index contributed by atoms with van der Waals surface area (Å²) in [6.07, 6.45) is 9.71. The molecule has 0 radical (unpaired) electrons. The van der Waals surface area contributed by atoms with Crippen molar-refractivity contribution in [1.82, 2.24) is 21.3 Å². The zero-order chi connectivity index (χ0) is 41.8. The van der Waals surface area contributed by atoms with Crippen molar-refractivity contribution < 1.29 is 19.2 Å². The van der Waals surface area contributed by atoms with Crippen molar-refractivity contribution in [2.45, 2.75) is 176 Å². The smallest absolute Gasteiger partial charge is 0.222 e. The van der Waals surface area contributed by atoms with Crippen LogP contribution < -0.4 is 21.3 Å². The van der Waals surface area contributed by atoms with Gasteiger partial charge in [-0.2, -0.15) is 0 Å². The normalized spacial score (nSPS) is 11.8. The lowest BCUT2D eigenvalue weighted by Crippen LogP contribution is -2.45. The fourth-order valence-corrected chi connectivity index (χ4v) is 4.53. The van der Waals surface area contributed by atoms with E-state index in [0.29, 0.717) is 24.3 Å². The fourth-order valence-electron chi connectivity index (χ4n) is 4.53. The van der Waals surface area contributed by atoms with E-state index in [1.807, 2.05) is 61.5 Å². The molecule has 0 aromatic carbocycles. The van der Waals surface area contributed by atoms with Crippen LogP contribution in [0.4, 0.5) is 0 Å². The molecule has 0 atom stereocenters. The highest BCUT2D eigenvalue weighted by atomic mass is 16.2. The van der Waals surface area contributed by atoms with E-state index in [-0.39, 0.29) is 58.3 Å². The van der Waals surface area contributed by atoms with Crippen molar-refractivity contribution in [1.29, 1.82) is 0 Å². The number of carbonyl (C=O) groups is 4. The molecule has 0 unspecified atom stereocenters. The molecule has 0 aliphatic carbocycles. The number of nitrogens with one attached hydrogen (secondary N) is 4. The van der Waals surface area contributed by atoms with Gasteiger partial charge in [0, 0.05) is 48.8 Å². The third-order valence-corrected chi connectivity index (χ3v) is 7.78. The Labute approximate surface area is 324 Å². The molecule has 0 aromatic heterocycles. The number of rotatable bonds is 19. The minimum Gasteiger partial charge on any atom is -0.356 e. The van der Waals surface area contributed by atoms with Gasteiger partial charge in [-0.15, -0.1) is 0 Å². The summed E-state index contributed by atoms with van der Waals surface area (Å²) in [5.74, 6) is 3.62. The van der Waals surface area contributed by atoms with E-state index in [0.717, 1.165) is 44.7 Å². The molecular weight excluding hydrogens is 649 g/mol. The Hall–Kier alpha value is -2.38. The standard InChI is InChI=1S/2C12H25NO.C10H21NO.C10H19NO/c1-9(2)7-12(5,6)8-13-11(14)10(3)4;1-9(2)7-8-12(5,6)13-11(14)10(3)4;2*1-8(2)6-5-7-11-10(12)9(3)4/h2*9-10H,7-8H2,1-6H3,(H,13,14);8-9H,5-7H2,1-4H3,(H,11,12);5-6,8-9H,7H2,1-4H3,(H,11,12)/b;;;6-5+. The summed E-state index contributed by atoms with van der Waals surface area (Å²) in [4.78, 5) is 45.0. The molecule has 0 spiro atoms. The van der Waals surface area contributed by atoms with Crippen LogP contribution >= 0.6 is 0 Å². The van der Waals surface area contributed by atoms with Gasteiger partial charge in [0.15, 0.2) is 0 Å². The summed E-state index contributed by atoms with van der Waals surface area (Å²) in [6.45, 7) is 43.6. The Kier molecular flexibility index (Phi) is 33.6. The first kappa shape index (κ1) is 56.4. The van der Waals surface area contributed by atoms with Crippen molar-refractivity contribution in [3.05, 3.63) is 12.2 Å². The lowest BCUT2D eigenvalue weighted by Gasteiger charge is -2.28. The third-order valence-electron chi connectivity index (χ3n) is 7.78. The average Bonchev–Trinajstić information content (AvgIpc) is 2.98. The van der Waals surface area contributed by atoms with Crippen LogP contribution in [0.25, 0.3) is 0 Å². The highest BCUT2D eigenvalue weighted by molar-refractivity contribution is 5.79. The maximum atomic E-state index is 11.5. The van der Waals surface area contributed by atoms with Gasteiger partial charge in [-0.05, 0) is 75.0 Å². The second-order valence-corrected chi connectivity index (χ2v) is 18.6. The van der Waals surface area contributed by atoms with Gasteiger partial charge in [0.05, 0.1) is 0 Å². The predicted octanol–water partition coefficient (Wildman–Crippen LogP) is 9.97. The van der Waals surface area contributed by atoms with Crippen molar-refractivity contribution in [2.75, 3.05) is 19.6 Å². The number of hydrogen-bond donors (Lipinski definition) is 4. The van der Waals surface area contributed by atoms with Crippen LogP contribution in [-0.2, 0) is 19.2 Å². The summed E-state index contributed by atoms with van der Waals surface area (Å²) < 4.78 is 0. The first-order chi connectivity index (χ1) is 23.6. The van der Waals surface area contributed by atoms with E-state index in [1.165, 1.54) is 6.42 Å². The molecule has 0 bridgehead atoms. The fraction of sp³-hybridized carbons (Fsp3) is 0.864. The molecular formula is C44H90N4O4. The van der Waals surface area contributed by atoms with Gasteiger partial charge >= 0.3 is 0 Å². The quantitative estimate of drug-likeness (QED) is 0.0780. The average molecular weight is 739 g/mol. The molecule has 0 saturated heterocycles. The van der Waals surface area contributed by atoms with Crippen LogP contribution in [0.2, 0.25) is 0 Å². The van der Waals surface area contributed by atoms with Gasteiger partial charge in [0.25, 0.3) is 0 Å². The van der Waals surface area contributed by atoms with Gasteiger partial charge in [-0.1, -0.05) is 137 Å². The van der Waals surface area contributed by atoms with Gasteiger partial charge in [-0.3, -0.25) is 19.2 Å². The lowest BCUT2D eigenvalue weighted by atomic mass is 9.84. The Morgan fingerprint density at radius 1 is 0.538 bits per heavy atom. The zero-order valence-electron chi connectivity index (χ0n) is 38.1. The largest absolute Gasteiger partial charge is 0.356 e. The Balaban J connectivity index is -0.000000296. The Morgan fingerprint density at radius 3 is 1.35 bits per heavy atom. The molecule has 0 aliphatic rings. The van der Waals surface area contributed by atoms with Crippen LogP contribution in [0, 0.1) is 52.8 Å². The van der Waals surface area contributed by atoms with Crippen LogP contribution in [0.3, 0.4) is 0 Å². The van der Waals surface area contributed by atoms with Crippen LogP contribution in [-0.4, -0.2) is 48.8 Å². The summed E-state index contributed by atoms with van der Waals surface area (Å²) in [6, 6.07) is 0. The monoisotopic (exact) mass is 739 g/mol. The zero-order valence-corrected chi connectivity index (χ0v) is 38.1. The van der Waals surface area contributed by atoms with E-state index >= 15 is 0 Å². The maximum Gasteiger partial charge on any atom is 0.222 e. The predicted molar refractivity (Wildman–Crippen MR) is 226 cm³/mol. The van der Waals surface area contributed by atoms with E-state index < -0.39 is 0 Å². The Bertz CT molecular complexity index is 961. The lowest BCUT2D eigenvalue weighted by molar-refractivity contribution is -0.126. The van der Waals surface area contributed by atoms with E-state index in [2.05, 4.69) is 110 Å². The molecule has 0 heterocycles. The first-order valence-electron chi connectivity index (χ1n) is 20.4. The number of carbonyl (C=O) groups excluding carboxylic acids is 4. The Morgan fingerprint density at radius 2 is 0.962 bits per heavy atom. The maximum absolute atomic E-state index is 11.5. The number of allylic oxidation sites excluding steroid dienone is 1. The van der Waals surface area contributed by atoms with Crippen molar-refractivity contribution in [3.63, 3.8) is 0 Å². The van der Waals surface area contributed by atoms with Crippen LogP contribution in [0.15, 0.2) is 12.2 Å². The van der Waals surface area contributed by atoms with Crippen LogP contribution in [0.5, 0.6) is 0 Å². The minimum absolute atomic E-state index is 0.0639. The SMILES string of the molecule is CC(C)/C=C/CNC(=O)C(C)C.CC(C)CC(C)(C)CNC(=O)C(C)C.CC(C)CCC(C)(C)NC(=O)C(C)C.CC(C)CCCNC(=O)C(C)C. The van der Waals surface area contributed by atoms with Crippen molar-refractivity contribution in [3.8, 4) is 0 Å². The third kappa shape index (κ3) is 42.0. The van der Waals surface area contributed by atoms with Gasteiger partial charge in [0.1, 0.15) is 0 Å². The molecule has 0 aliphatic heterocycles. The molecule has 0 rings (SSSR count). The highest BCUT2D eigenvalue weighted by Gasteiger charge is 2.22. The van der Waals surface area contributed by atoms with Gasteiger partial charge < -0.3 is 21.3 Å². The topological polar surface area (TPSA) is 116 Å². The summed E-state index contributed by atoms with van der Waals surface area (Å²) in [5, 5.41) is 11.8. The molecule has 0 aromatic rings. The second-order valence-electron chi connectivity index (χ2n) is 18.6. The van der Waals surface area contributed by atoms with E-state index in [1.54, 1.807) is 0 Å². The van der Waals surface area contributed by atoms with Gasteiger partial charge in [-0.25, -0.2) is 0 Å². The highest BCUT2D eigenvalue weighted by Crippen LogP contribution is 2.24. The minimum atomic E-state index is -0.0639. The van der Waals surface area contributed by atoms with Gasteiger partial charge in [0.2, 0.25) is 23.6 Å². The molecule has 4 amide bonds. The second kappa shape index (κ2) is 31.0. The summed E-state index contributed by atoms with van der Waals surface area (Å²) in [5.41, 5.74) is 0.143. The molecule has 8 heteroatoms. The molecule has 0 fully saturated rings. The molecule has 310 valence electrons. The number of amides is 4. The van der Waals surface area contributed by atoms with Crippen LogP contribution in [0.1, 0.15) is 171 Å². The van der Waals surface area contributed by atoms with E-state index in [9.17, 15) is 19.2 Å². The summed E-state index contributed by atoms with van der Waals surface area (Å²) >= 11 is 0. The molecule has 52 heavy (non-hydrogen) atoms.